The minimum Gasteiger partial charge on any atom is -0.495 e. The molecule has 9 heteroatoms. The first-order valence-corrected chi connectivity index (χ1v) is 7.48. The molecule has 2 rings (SSSR count). The maximum absolute atomic E-state index is 12.4. The van der Waals surface area contributed by atoms with E-state index in [2.05, 4.69) is 5.32 Å². The Labute approximate surface area is 141 Å². The molecular formula is C15H16ClF3N2O3. The maximum Gasteiger partial charge on any atom is 0.406 e. The number of benzene rings is 1. The van der Waals surface area contributed by atoms with Crippen molar-refractivity contribution >= 4 is 29.1 Å². The van der Waals surface area contributed by atoms with Crippen LogP contribution in [0.5, 0.6) is 5.75 Å². The Kier molecular flexibility index (Phi) is 5.27. The van der Waals surface area contributed by atoms with Crippen molar-refractivity contribution in [2.75, 3.05) is 25.5 Å². The van der Waals surface area contributed by atoms with Crippen LogP contribution in [0.4, 0.5) is 18.9 Å². The number of nitrogens with one attached hydrogen (secondary N) is 1. The molecule has 0 radical (unpaired) electrons. The third-order valence-electron chi connectivity index (χ3n) is 3.69. The summed E-state index contributed by atoms with van der Waals surface area (Å²) in [5.41, 5.74) is 1.06. The zero-order valence-electron chi connectivity index (χ0n) is 13.0. The van der Waals surface area contributed by atoms with Crippen molar-refractivity contribution in [2.24, 2.45) is 5.92 Å². The maximum atomic E-state index is 12.4. The van der Waals surface area contributed by atoms with Gasteiger partial charge in [-0.3, -0.25) is 9.59 Å². The Balaban J connectivity index is 2.09. The number of methoxy groups -OCH3 is 1. The summed E-state index contributed by atoms with van der Waals surface area (Å²) in [5.74, 6) is -1.74. The molecule has 1 saturated heterocycles. The summed E-state index contributed by atoms with van der Waals surface area (Å²) in [4.78, 5) is 24.6. The summed E-state index contributed by atoms with van der Waals surface area (Å²) >= 11 is 5.98. The Morgan fingerprint density at radius 1 is 1.46 bits per heavy atom. The molecule has 1 aromatic rings. The number of hydrogen-bond acceptors (Lipinski definition) is 3. The standard InChI is InChI=1S/C15H16ClF3N2O3/c1-8-3-11(12(24-2)5-10(8)16)20-14(23)9-4-13(22)21(6-9)7-15(17,18)19/h3,5,9H,4,6-7H2,1-2H3,(H,20,23)/t9-/m1/s1. The number of rotatable bonds is 4. The largest absolute Gasteiger partial charge is 0.495 e. The van der Waals surface area contributed by atoms with Gasteiger partial charge in [0.1, 0.15) is 12.3 Å². The topological polar surface area (TPSA) is 58.6 Å². The summed E-state index contributed by atoms with van der Waals surface area (Å²) in [6.45, 7) is 0.125. The van der Waals surface area contributed by atoms with Crippen LogP contribution in [-0.4, -0.2) is 43.1 Å². The molecule has 132 valence electrons. The van der Waals surface area contributed by atoms with Crippen LogP contribution in [0.15, 0.2) is 12.1 Å². The number of likely N-dealkylation sites (tertiary alicyclic amines) is 1. The number of halogens is 4. The average molecular weight is 365 g/mol. The molecule has 0 spiro atoms. The van der Waals surface area contributed by atoms with Gasteiger partial charge in [0.15, 0.2) is 0 Å². The van der Waals surface area contributed by atoms with E-state index in [-0.39, 0.29) is 13.0 Å². The lowest BCUT2D eigenvalue weighted by Crippen LogP contribution is -2.36. The number of anilines is 1. The van der Waals surface area contributed by atoms with Crippen LogP contribution < -0.4 is 10.1 Å². The molecule has 0 aliphatic carbocycles. The van der Waals surface area contributed by atoms with Crippen molar-refractivity contribution in [1.82, 2.24) is 4.90 Å². The first kappa shape index (κ1) is 18.4. The van der Waals surface area contributed by atoms with E-state index in [1.165, 1.54) is 13.2 Å². The van der Waals surface area contributed by atoms with Crippen molar-refractivity contribution < 1.29 is 27.5 Å². The number of alkyl halides is 3. The van der Waals surface area contributed by atoms with Crippen molar-refractivity contribution in [2.45, 2.75) is 19.5 Å². The van der Waals surface area contributed by atoms with Gasteiger partial charge in [-0.15, -0.1) is 0 Å². The van der Waals surface area contributed by atoms with Crippen LogP contribution in [0.25, 0.3) is 0 Å². The fraction of sp³-hybridized carbons (Fsp3) is 0.467. The first-order valence-electron chi connectivity index (χ1n) is 7.10. The monoisotopic (exact) mass is 364 g/mol. The molecule has 5 nitrogen and oxygen atoms in total. The predicted molar refractivity (Wildman–Crippen MR) is 82.1 cm³/mol. The van der Waals surface area contributed by atoms with Gasteiger partial charge in [0, 0.05) is 24.1 Å². The summed E-state index contributed by atoms with van der Waals surface area (Å²) in [6.07, 6.45) is -4.74. The molecule has 24 heavy (non-hydrogen) atoms. The number of carbonyl (C=O) groups is 2. The van der Waals surface area contributed by atoms with E-state index >= 15 is 0 Å². The van der Waals surface area contributed by atoms with E-state index in [1.54, 1.807) is 13.0 Å². The van der Waals surface area contributed by atoms with Gasteiger partial charge in [-0.2, -0.15) is 13.2 Å². The predicted octanol–water partition coefficient (Wildman–Crippen LogP) is 3.01. The van der Waals surface area contributed by atoms with E-state index in [4.69, 9.17) is 16.3 Å². The molecule has 0 bridgehead atoms. The minimum atomic E-state index is -4.49. The first-order chi connectivity index (χ1) is 11.1. The van der Waals surface area contributed by atoms with Gasteiger partial charge in [0.2, 0.25) is 11.8 Å². The highest BCUT2D eigenvalue weighted by Gasteiger charge is 2.40. The van der Waals surface area contributed by atoms with Gasteiger partial charge in [-0.1, -0.05) is 11.6 Å². The van der Waals surface area contributed by atoms with Gasteiger partial charge in [-0.05, 0) is 18.6 Å². The Morgan fingerprint density at radius 3 is 2.71 bits per heavy atom. The third kappa shape index (κ3) is 4.31. The molecule has 1 aromatic carbocycles. The van der Waals surface area contributed by atoms with Gasteiger partial charge in [0.25, 0.3) is 0 Å². The van der Waals surface area contributed by atoms with Crippen molar-refractivity contribution in [1.29, 1.82) is 0 Å². The van der Waals surface area contributed by atoms with E-state index in [0.29, 0.717) is 26.9 Å². The van der Waals surface area contributed by atoms with Crippen molar-refractivity contribution in [3.05, 3.63) is 22.7 Å². The average Bonchev–Trinajstić information content (AvgIpc) is 2.82. The van der Waals surface area contributed by atoms with E-state index in [0.717, 1.165) is 0 Å². The van der Waals surface area contributed by atoms with E-state index in [9.17, 15) is 22.8 Å². The number of nitrogens with zero attached hydrogens (tertiary/aromatic N) is 1. The zero-order chi connectivity index (χ0) is 18.1. The van der Waals surface area contributed by atoms with E-state index < -0.39 is 30.5 Å². The number of aryl methyl sites for hydroxylation is 1. The summed E-state index contributed by atoms with van der Waals surface area (Å²) in [5, 5.41) is 3.05. The molecule has 1 aliphatic rings. The van der Waals surface area contributed by atoms with Gasteiger partial charge in [-0.25, -0.2) is 0 Å². The van der Waals surface area contributed by atoms with E-state index in [1.807, 2.05) is 0 Å². The second-order valence-electron chi connectivity index (χ2n) is 5.58. The molecule has 0 saturated carbocycles. The highest BCUT2D eigenvalue weighted by Crippen LogP contribution is 2.32. The molecule has 1 fully saturated rings. The lowest BCUT2D eigenvalue weighted by molar-refractivity contribution is -0.157. The minimum absolute atomic E-state index is 0.253. The molecule has 2 amide bonds. The van der Waals surface area contributed by atoms with Gasteiger partial charge in [0.05, 0.1) is 18.7 Å². The molecule has 0 unspecified atom stereocenters. The number of hydrogen-bond donors (Lipinski definition) is 1. The SMILES string of the molecule is COc1cc(Cl)c(C)cc1NC(=O)[C@@H]1CC(=O)N(CC(F)(F)F)C1. The smallest absolute Gasteiger partial charge is 0.406 e. The summed E-state index contributed by atoms with van der Waals surface area (Å²) < 4.78 is 42.4. The van der Waals surface area contributed by atoms with Crippen LogP contribution in [0.2, 0.25) is 5.02 Å². The lowest BCUT2D eigenvalue weighted by atomic mass is 10.1. The number of ether oxygens (including phenoxy) is 1. The fourth-order valence-electron chi connectivity index (χ4n) is 2.48. The Hall–Kier alpha value is -1.96. The molecule has 1 heterocycles. The van der Waals surface area contributed by atoms with Crippen LogP contribution in [0.1, 0.15) is 12.0 Å². The second kappa shape index (κ2) is 6.88. The number of carbonyl (C=O) groups excluding carboxylic acids is 2. The molecular weight excluding hydrogens is 349 g/mol. The van der Waals surface area contributed by atoms with Gasteiger partial charge < -0.3 is 15.0 Å². The molecule has 1 aliphatic heterocycles. The third-order valence-corrected chi connectivity index (χ3v) is 4.10. The quantitative estimate of drug-likeness (QED) is 0.893. The highest BCUT2D eigenvalue weighted by molar-refractivity contribution is 6.31. The summed E-state index contributed by atoms with van der Waals surface area (Å²) in [6, 6.07) is 3.13. The summed E-state index contributed by atoms with van der Waals surface area (Å²) in [7, 11) is 1.40. The van der Waals surface area contributed by atoms with Crippen molar-refractivity contribution in [3.8, 4) is 5.75 Å². The fourth-order valence-corrected chi connectivity index (χ4v) is 2.64. The normalized spacial score (nSPS) is 18.0. The van der Waals surface area contributed by atoms with Crippen molar-refractivity contribution in [3.63, 3.8) is 0 Å². The lowest BCUT2D eigenvalue weighted by Gasteiger charge is -2.18. The van der Waals surface area contributed by atoms with Crippen LogP contribution in [0, 0.1) is 12.8 Å². The molecule has 1 atom stereocenters. The molecule has 1 N–H and O–H groups in total. The van der Waals surface area contributed by atoms with Gasteiger partial charge >= 0.3 is 6.18 Å². The Bertz CT molecular complexity index is 664. The number of amides is 2. The molecule has 0 aromatic heterocycles. The van der Waals surface area contributed by atoms with Crippen LogP contribution in [0.3, 0.4) is 0 Å². The van der Waals surface area contributed by atoms with Crippen LogP contribution >= 0.6 is 11.6 Å². The Morgan fingerprint density at radius 2 is 2.12 bits per heavy atom. The van der Waals surface area contributed by atoms with Crippen LogP contribution in [-0.2, 0) is 9.59 Å². The zero-order valence-corrected chi connectivity index (χ0v) is 13.8. The highest BCUT2D eigenvalue weighted by atomic mass is 35.5. The second-order valence-corrected chi connectivity index (χ2v) is 5.99.